The highest BCUT2D eigenvalue weighted by molar-refractivity contribution is 6.74. The summed E-state index contributed by atoms with van der Waals surface area (Å²) in [4.78, 5) is 0. The second-order valence-electron chi connectivity index (χ2n) is 24.0. The van der Waals surface area contributed by atoms with E-state index in [-0.39, 0.29) is 28.7 Å². The maximum atomic E-state index is 10.2. The van der Waals surface area contributed by atoms with Crippen LogP contribution in [-0.2, 0) is 21.7 Å². The number of rotatable bonds is 27. The molecule has 0 radical (unpaired) electrons. The molecular formula is C59H96O5Si2. The third-order valence-electron chi connectivity index (χ3n) is 16.6. The van der Waals surface area contributed by atoms with Crippen molar-refractivity contribution >= 4 is 16.6 Å². The lowest BCUT2D eigenvalue weighted by Gasteiger charge is -2.44. The van der Waals surface area contributed by atoms with Gasteiger partial charge in [-0.3, -0.25) is 0 Å². The van der Waals surface area contributed by atoms with Gasteiger partial charge in [0.15, 0.2) is 16.6 Å². The Morgan fingerprint density at radius 3 is 1.61 bits per heavy atom. The number of aliphatic hydroxyl groups excluding tert-OH is 2. The highest BCUT2D eigenvalue weighted by Crippen LogP contribution is 2.48. The van der Waals surface area contributed by atoms with Crippen LogP contribution in [0.3, 0.4) is 0 Å². The van der Waals surface area contributed by atoms with Crippen molar-refractivity contribution in [3.05, 3.63) is 76.9 Å². The summed E-state index contributed by atoms with van der Waals surface area (Å²) >= 11 is 0. The van der Waals surface area contributed by atoms with Crippen molar-refractivity contribution in [2.75, 3.05) is 33.0 Å². The van der Waals surface area contributed by atoms with Gasteiger partial charge in [-0.1, -0.05) is 136 Å². The van der Waals surface area contributed by atoms with Crippen LogP contribution in [0.25, 0.3) is 22.3 Å². The Hall–Kier alpha value is -2.27. The summed E-state index contributed by atoms with van der Waals surface area (Å²) in [6.45, 7) is 30.2. The first-order chi connectivity index (χ1) is 31.3. The molecule has 2 aliphatic rings. The van der Waals surface area contributed by atoms with Crippen molar-refractivity contribution in [1.29, 1.82) is 0 Å². The van der Waals surface area contributed by atoms with Crippen LogP contribution in [0, 0.1) is 11.3 Å². The minimum Gasteiger partial charge on any atom is -0.493 e. The Bertz CT molecular complexity index is 1850. The lowest BCUT2D eigenvalue weighted by Crippen LogP contribution is -2.48. The smallest absolute Gasteiger partial charge is 0.192 e. The molecule has 2 fully saturated rings. The van der Waals surface area contributed by atoms with Crippen molar-refractivity contribution in [3.63, 3.8) is 0 Å². The minimum absolute atomic E-state index is 0.114. The van der Waals surface area contributed by atoms with Gasteiger partial charge in [0.1, 0.15) is 5.75 Å². The lowest BCUT2D eigenvalue weighted by molar-refractivity contribution is 0.0357. The molecule has 3 aromatic carbocycles. The highest BCUT2D eigenvalue weighted by Gasteiger charge is 2.43. The SMILES string of the molecule is CCCCCC1CCC(c2ccc(-c3ccc(-c4cc(CCCO)c(OCCC(CCCC)(CO[Si](C)(C)C(C)(C)C)CO[Si](C)(C)C(C)(C)C)c(CCCO)c4)c(C4CC4)c3)cc2)CC1. The van der Waals surface area contributed by atoms with Gasteiger partial charge in [-0.15, -0.1) is 0 Å². The number of aliphatic hydroxyl groups is 2. The first-order valence-electron chi connectivity index (χ1n) is 26.8. The Balaban J connectivity index is 1.43. The van der Waals surface area contributed by atoms with E-state index in [1.54, 1.807) is 0 Å². The molecular weight excluding hydrogens is 845 g/mol. The van der Waals surface area contributed by atoms with Crippen molar-refractivity contribution in [1.82, 2.24) is 0 Å². The Kier molecular flexibility index (Phi) is 20.3. The first kappa shape index (κ1) is 54.7. The summed E-state index contributed by atoms with van der Waals surface area (Å²) in [6.07, 6.45) is 20.4. The number of aryl methyl sites for hydroxylation is 2. The molecule has 2 aliphatic carbocycles. The molecule has 0 saturated heterocycles. The quantitative estimate of drug-likeness (QED) is 0.0589. The third kappa shape index (κ3) is 15.1. The van der Waals surface area contributed by atoms with E-state index < -0.39 is 16.6 Å². The zero-order valence-corrected chi connectivity index (χ0v) is 46.3. The van der Waals surface area contributed by atoms with Gasteiger partial charge in [0.25, 0.3) is 0 Å². The van der Waals surface area contributed by atoms with Gasteiger partial charge in [0.05, 0.1) is 6.61 Å². The van der Waals surface area contributed by atoms with E-state index in [2.05, 4.69) is 136 Å². The molecule has 0 atom stereocenters. The van der Waals surface area contributed by atoms with Gasteiger partial charge in [-0.2, -0.15) is 0 Å². The molecule has 0 spiro atoms. The number of hydrogen-bond acceptors (Lipinski definition) is 5. The van der Waals surface area contributed by atoms with Gasteiger partial charge in [0, 0.05) is 31.8 Å². The molecule has 5 nitrogen and oxygen atoms in total. The molecule has 0 bridgehead atoms. The summed E-state index contributed by atoms with van der Waals surface area (Å²) in [5, 5.41) is 20.5. The van der Waals surface area contributed by atoms with Gasteiger partial charge in [-0.05, 0) is 188 Å². The molecule has 7 heteroatoms. The second-order valence-corrected chi connectivity index (χ2v) is 33.6. The number of ether oxygens (including phenoxy) is 1. The number of hydrogen-bond donors (Lipinski definition) is 2. The maximum absolute atomic E-state index is 10.2. The molecule has 2 saturated carbocycles. The Labute approximate surface area is 406 Å². The lowest BCUT2D eigenvalue weighted by atomic mass is 9.77. The fraction of sp³-hybridized carbons (Fsp3) is 0.695. The van der Waals surface area contributed by atoms with E-state index in [1.807, 2.05) is 0 Å². The largest absolute Gasteiger partial charge is 0.493 e. The molecule has 0 unspecified atom stereocenters. The van der Waals surface area contributed by atoms with Crippen LogP contribution in [0.15, 0.2) is 54.6 Å². The summed E-state index contributed by atoms with van der Waals surface area (Å²) in [5.41, 5.74) is 10.2. The average Bonchev–Trinajstić information content (AvgIpc) is 4.14. The molecule has 0 aliphatic heterocycles. The standard InChI is InChI=1S/C59H96O5Si2/c1-13-15-17-20-45-23-25-46(26-24-45)47-27-29-48(30-28-47)50-33-34-54(55(42-50)49-31-32-49)53-40-51(21-18-37-60)56(52(41-53)22-19-38-61)62-39-36-59(35-16-14-2,43-63-65(9,10)57(3,4)5)44-64-66(11,12)58(6,7)8/h27-30,33-34,40-42,45-46,49,60-61H,13-26,31-32,35-39,43-44H2,1-12H3. The molecule has 3 aromatic rings. The van der Waals surface area contributed by atoms with Crippen LogP contribution >= 0.6 is 0 Å². The summed E-state index contributed by atoms with van der Waals surface area (Å²) in [6, 6.07) is 21.5. The van der Waals surface area contributed by atoms with Gasteiger partial charge < -0.3 is 23.8 Å². The molecule has 0 heterocycles. The Morgan fingerprint density at radius 2 is 1.11 bits per heavy atom. The number of unbranched alkanes of at least 4 members (excludes halogenated alkanes) is 3. The third-order valence-corrected chi connectivity index (χ3v) is 25.6. The Morgan fingerprint density at radius 1 is 0.576 bits per heavy atom. The fourth-order valence-electron chi connectivity index (χ4n) is 9.63. The van der Waals surface area contributed by atoms with Crippen molar-refractivity contribution in [3.8, 4) is 28.0 Å². The average molecular weight is 942 g/mol. The second kappa shape index (κ2) is 24.5. The molecule has 0 aromatic heterocycles. The summed E-state index contributed by atoms with van der Waals surface area (Å²) in [5.74, 6) is 3.14. The zero-order valence-electron chi connectivity index (χ0n) is 44.3. The van der Waals surface area contributed by atoms with Crippen LogP contribution in [-0.4, -0.2) is 59.9 Å². The molecule has 370 valence electrons. The van der Waals surface area contributed by atoms with Crippen molar-refractivity contribution in [2.24, 2.45) is 11.3 Å². The van der Waals surface area contributed by atoms with E-state index in [0.29, 0.717) is 44.5 Å². The molecule has 5 rings (SSSR count). The first-order valence-corrected chi connectivity index (χ1v) is 32.6. The van der Waals surface area contributed by atoms with Crippen LogP contribution in [0.1, 0.15) is 192 Å². The summed E-state index contributed by atoms with van der Waals surface area (Å²) in [7, 11) is -4.07. The van der Waals surface area contributed by atoms with E-state index in [0.717, 1.165) is 61.3 Å². The normalized spacial score (nSPS) is 17.7. The molecule has 0 amide bonds. The van der Waals surface area contributed by atoms with Gasteiger partial charge in [-0.25, -0.2) is 0 Å². The molecule has 2 N–H and O–H groups in total. The topological polar surface area (TPSA) is 68.2 Å². The monoisotopic (exact) mass is 941 g/mol. The van der Waals surface area contributed by atoms with Crippen LogP contribution in [0.2, 0.25) is 36.3 Å². The zero-order chi connectivity index (χ0) is 48.2. The van der Waals surface area contributed by atoms with Crippen LogP contribution in [0.4, 0.5) is 0 Å². The van der Waals surface area contributed by atoms with E-state index >= 15 is 0 Å². The predicted octanol–water partition coefficient (Wildman–Crippen LogP) is 16.6. The molecule has 66 heavy (non-hydrogen) atoms. The van der Waals surface area contributed by atoms with Crippen LogP contribution in [0.5, 0.6) is 5.75 Å². The minimum atomic E-state index is -2.03. The van der Waals surface area contributed by atoms with Crippen molar-refractivity contribution in [2.45, 2.75) is 219 Å². The van der Waals surface area contributed by atoms with Gasteiger partial charge in [0.2, 0.25) is 0 Å². The number of benzene rings is 3. The van der Waals surface area contributed by atoms with Crippen LogP contribution < -0.4 is 4.74 Å². The van der Waals surface area contributed by atoms with E-state index in [9.17, 15) is 10.2 Å². The van der Waals surface area contributed by atoms with Crippen molar-refractivity contribution < 1.29 is 23.8 Å². The van der Waals surface area contributed by atoms with Gasteiger partial charge >= 0.3 is 0 Å². The summed E-state index contributed by atoms with van der Waals surface area (Å²) < 4.78 is 21.3. The maximum Gasteiger partial charge on any atom is 0.192 e. The highest BCUT2D eigenvalue weighted by atomic mass is 28.4. The predicted molar refractivity (Wildman–Crippen MR) is 287 cm³/mol. The van der Waals surface area contributed by atoms with E-state index in [1.165, 1.54) is 97.6 Å². The van der Waals surface area contributed by atoms with E-state index in [4.69, 9.17) is 13.6 Å². The fourth-order valence-corrected chi connectivity index (χ4v) is 11.8.